The molecule has 0 unspecified atom stereocenters. The maximum atomic E-state index is 12.9. The van der Waals surface area contributed by atoms with Gasteiger partial charge in [0.15, 0.2) is 5.58 Å². The molecule has 0 atom stereocenters. The first-order chi connectivity index (χ1) is 15.8. The third-order valence-corrected chi connectivity index (χ3v) is 5.49. The van der Waals surface area contributed by atoms with E-state index in [4.69, 9.17) is 9.15 Å². The molecule has 0 aliphatic heterocycles. The summed E-state index contributed by atoms with van der Waals surface area (Å²) in [7, 11) is 0. The van der Waals surface area contributed by atoms with E-state index in [2.05, 4.69) is 50.1 Å². The highest BCUT2D eigenvalue weighted by molar-refractivity contribution is 6.05. The number of nitrogens with one attached hydrogen (secondary N) is 1. The van der Waals surface area contributed by atoms with Crippen LogP contribution in [0.3, 0.4) is 0 Å². The van der Waals surface area contributed by atoms with Gasteiger partial charge in [-0.25, -0.2) is 4.98 Å². The molecule has 0 spiro atoms. The lowest BCUT2D eigenvalue weighted by Crippen LogP contribution is -2.13. The molecule has 0 fully saturated rings. The summed E-state index contributed by atoms with van der Waals surface area (Å²) >= 11 is 0. The number of benzene rings is 3. The summed E-state index contributed by atoms with van der Waals surface area (Å²) in [5, 5.41) is 3.02. The smallest absolute Gasteiger partial charge is 0.255 e. The minimum absolute atomic E-state index is 0.190. The average Bonchev–Trinajstić information content (AvgIpc) is 3.22. The maximum Gasteiger partial charge on any atom is 0.255 e. The molecule has 5 heteroatoms. The SMILES string of the molecule is Cc1ccc(-c2nc3cc(C(C)C)ccc3o2)cc1NC(=O)c1cccc(OCC(C)C)c1. The van der Waals surface area contributed by atoms with Crippen molar-refractivity contribution in [3.05, 3.63) is 77.4 Å². The van der Waals surface area contributed by atoms with Crippen LogP contribution in [0.1, 0.15) is 55.1 Å². The van der Waals surface area contributed by atoms with Crippen molar-refractivity contribution in [2.45, 2.75) is 40.5 Å². The molecule has 0 radical (unpaired) electrons. The fraction of sp³-hybridized carbons (Fsp3) is 0.286. The standard InChI is InChI=1S/C28H30N2O3/c1-17(2)16-32-23-8-6-7-21(13-23)27(31)29-24-15-22(10-9-19(24)5)28-30-25-14-20(18(3)4)11-12-26(25)33-28/h6-15,17-18H,16H2,1-5H3,(H,29,31). The Labute approximate surface area is 194 Å². The molecule has 170 valence electrons. The van der Waals surface area contributed by atoms with Crippen LogP contribution in [-0.4, -0.2) is 17.5 Å². The molecule has 0 saturated heterocycles. The topological polar surface area (TPSA) is 64.4 Å². The number of aryl methyl sites for hydroxylation is 1. The van der Waals surface area contributed by atoms with Gasteiger partial charge in [0.25, 0.3) is 5.91 Å². The van der Waals surface area contributed by atoms with Gasteiger partial charge in [0.05, 0.1) is 6.61 Å². The van der Waals surface area contributed by atoms with Crippen molar-refractivity contribution in [2.75, 3.05) is 11.9 Å². The van der Waals surface area contributed by atoms with E-state index in [0.717, 1.165) is 27.9 Å². The Bertz CT molecular complexity index is 1290. The van der Waals surface area contributed by atoms with E-state index in [9.17, 15) is 4.79 Å². The summed E-state index contributed by atoms with van der Waals surface area (Å²) in [5.74, 6) is 1.87. The Morgan fingerprint density at radius 3 is 2.61 bits per heavy atom. The Kier molecular flexibility index (Phi) is 6.50. The van der Waals surface area contributed by atoms with E-state index >= 15 is 0 Å². The molecule has 0 aliphatic carbocycles. The number of ether oxygens (including phenoxy) is 1. The highest BCUT2D eigenvalue weighted by Crippen LogP contribution is 2.30. The Morgan fingerprint density at radius 2 is 1.85 bits per heavy atom. The van der Waals surface area contributed by atoms with Crippen molar-refractivity contribution in [3.8, 4) is 17.2 Å². The van der Waals surface area contributed by atoms with Gasteiger partial charge >= 0.3 is 0 Å². The van der Waals surface area contributed by atoms with Crippen LogP contribution >= 0.6 is 0 Å². The fourth-order valence-corrected chi connectivity index (χ4v) is 3.50. The monoisotopic (exact) mass is 442 g/mol. The number of hydrogen-bond donors (Lipinski definition) is 1. The minimum atomic E-state index is -0.190. The second-order valence-electron chi connectivity index (χ2n) is 9.12. The Morgan fingerprint density at radius 1 is 1.03 bits per heavy atom. The molecule has 3 aromatic carbocycles. The van der Waals surface area contributed by atoms with Crippen molar-refractivity contribution < 1.29 is 13.9 Å². The van der Waals surface area contributed by atoms with E-state index in [-0.39, 0.29) is 5.91 Å². The van der Waals surface area contributed by atoms with Gasteiger partial charge < -0.3 is 14.5 Å². The van der Waals surface area contributed by atoms with E-state index in [1.165, 1.54) is 5.56 Å². The van der Waals surface area contributed by atoms with E-state index < -0.39 is 0 Å². The molecule has 4 aromatic rings. The Balaban J connectivity index is 1.57. The van der Waals surface area contributed by atoms with Gasteiger partial charge in [0.2, 0.25) is 5.89 Å². The van der Waals surface area contributed by atoms with Crippen molar-refractivity contribution in [1.82, 2.24) is 4.98 Å². The van der Waals surface area contributed by atoms with Gasteiger partial charge in [-0.2, -0.15) is 0 Å². The summed E-state index contributed by atoms with van der Waals surface area (Å²) in [4.78, 5) is 17.6. The number of carbonyl (C=O) groups is 1. The zero-order valence-electron chi connectivity index (χ0n) is 19.8. The zero-order chi connectivity index (χ0) is 23.5. The summed E-state index contributed by atoms with van der Waals surface area (Å²) < 4.78 is 11.8. The van der Waals surface area contributed by atoms with Crippen molar-refractivity contribution >= 4 is 22.7 Å². The van der Waals surface area contributed by atoms with Crippen LogP contribution in [0, 0.1) is 12.8 Å². The van der Waals surface area contributed by atoms with Crippen molar-refractivity contribution in [3.63, 3.8) is 0 Å². The number of rotatable bonds is 7. The number of hydrogen-bond acceptors (Lipinski definition) is 4. The zero-order valence-corrected chi connectivity index (χ0v) is 19.8. The lowest BCUT2D eigenvalue weighted by Gasteiger charge is -2.12. The Hall–Kier alpha value is -3.60. The largest absolute Gasteiger partial charge is 0.493 e. The van der Waals surface area contributed by atoms with E-state index in [1.807, 2.05) is 43.3 Å². The van der Waals surface area contributed by atoms with E-state index in [1.54, 1.807) is 12.1 Å². The quantitative estimate of drug-likeness (QED) is 0.328. The van der Waals surface area contributed by atoms with Gasteiger partial charge in [-0.3, -0.25) is 4.79 Å². The predicted molar refractivity (Wildman–Crippen MR) is 133 cm³/mol. The molecule has 1 heterocycles. The van der Waals surface area contributed by atoms with Gasteiger partial charge in [0.1, 0.15) is 11.3 Å². The first-order valence-corrected chi connectivity index (χ1v) is 11.4. The second-order valence-corrected chi connectivity index (χ2v) is 9.12. The molecule has 1 amide bonds. The molecule has 0 saturated carbocycles. The van der Waals surface area contributed by atoms with Gasteiger partial charge in [-0.1, -0.05) is 45.9 Å². The molecule has 4 rings (SSSR count). The van der Waals surface area contributed by atoms with Gasteiger partial charge in [-0.15, -0.1) is 0 Å². The van der Waals surface area contributed by atoms with Crippen LogP contribution in [0.5, 0.6) is 5.75 Å². The number of amides is 1. The minimum Gasteiger partial charge on any atom is -0.493 e. The number of carbonyl (C=O) groups excluding carboxylic acids is 1. The number of fused-ring (bicyclic) bond motifs is 1. The first-order valence-electron chi connectivity index (χ1n) is 11.4. The highest BCUT2D eigenvalue weighted by Gasteiger charge is 2.14. The molecule has 5 nitrogen and oxygen atoms in total. The fourth-order valence-electron chi connectivity index (χ4n) is 3.50. The lowest BCUT2D eigenvalue weighted by molar-refractivity contribution is 0.102. The van der Waals surface area contributed by atoms with Crippen LogP contribution in [0.2, 0.25) is 0 Å². The third kappa shape index (κ3) is 5.25. The number of nitrogens with zero attached hydrogens (tertiary/aromatic N) is 1. The van der Waals surface area contributed by atoms with E-state index in [0.29, 0.717) is 35.6 Å². The third-order valence-electron chi connectivity index (χ3n) is 5.49. The number of oxazole rings is 1. The summed E-state index contributed by atoms with van der Waals surface area (Å²) in [6.45, 7) is 11.1. The van der Waals surface area contributed by atoms with Gasteiger partial charge in [0, 0.05) is 16.8 Å². The first kappa shape index (κ1) is 22.6. The molecule has 1 aromatic heterocycles. The molecule has 0 bridgehead atoms. The molecule has 0 aliphatic rings. The summed E-state index contributed by atoms with van der Waals surface area (Å²) in [5.41, 5.74) is 5.84. The molecule has 33 heavy (non-hydrogen) atoms. The normalized spacial score (nSPS) is 11.4. The lowest BCUT2D eigenvalue weighted by atomic mass is 10.0. The molecular formula is C28H30N2O3. The number of aromatic nitrogens is 1. The van der Waals surface area contributed by atoms with Crippen LogP contribution < -0.4 is 10.1 Å². The second kappa shape index (κ2) is 9.49. The van der Waals surface area contributed by atoms with Crippen LogP contribution in [0.25, 0.3) is 22.6 Å². The summed E-state index contributed by atoms with van der Waals surface area (Å²) in [6, 6.07) is 19.2. The van der Waals surface area contributed by atoms with Gasteiger partial charge in [-0.05, 0) is 72.4 Å². The predicted octanol–water partition coefficient (Wildman–Crippen LogP) is 7.21. The number of anilines is 1. The van der Waals surface area contributed by atoms with Crippen molar-refractivity contribution in [2.24, 2.45) is 5.92 Å². The van der Waals surface area contributed by atoms with Crippen molar-refractivity contribution in [1.29, 1.82) is 0 Å². The van der Waals surface area contributed by atoms with Crippen LogP contribution in [0.4, 0.5) is 5.69 Å². The maximum absolute atomic E-state index is 12.9. The molecule has 1 N–H and O–H groups in total. The average molecular weight is 443 g/mol. The van der Waals surface area contributed by atoms with Crippen LogP contribution in [0.15, 0.2) is 65.1 Å². The van der Waals surface area contributed by atoms with Crippen LogP contribution in [-0.2, 0) is 0 Å². The summed E-state index contributed by atoms with van der Waals surface area (Å²) in [6.07, 6.45) is 0. The molecular weight excluding hydrogens is 412 g/mol. The highest BCUT2D eigenvalue weighted by atomic mass is 16.5.